The Bertz CT molecular complexity index is 950. The average molecular weight is 361 g/mol. The summed E-state index contributed by atoms with van der Waals surface area (Å²) in [6, 6.07) is 15.7. The topological polar surface area (TPSA) is 59.2 Å². The third kappa shape index (κ3) is 2.93. The standard InChI is InChI=1S/C22H23N3O2/c1-21(2)15-22(21,17-7-5-4-6-8-17)20(26)25(3)14-18-13-19(24-27-18)16-9-11-23-12-10-16/h4-13H,14-15H2,1-3H3/t22-/m1/s1. The van der Waals surface area contributed by atoms with E-state index < -0.39 is 5.41 Å². The lowest BCUT2D eigenvalue weighted by Crippen LogP contribution is -2.38. The Hall–Kier alpha value is -2.95. The van der Waals surface area contributed by atoms with Gasteiger partial charge in [0.2, 0.25) is 5.91 Å². The highest BCUT2D eigenvalue weighted by Crippen LogP contribution is 2.65. The van der Waals surface area contributed by atoms with Gasteiger partial charge in [0, 0.05) is 31.1 Å². The fraction of sp³-hybridized carbons (Fsp3) is 0.318. The van der Waals surface area contributed by atoms with Gasteiger partial charge in [-0.05, 0) is 29.5 Å². The number of amides is 1. The minimum Gasteiger partial charge on any atom is -0.359 e. The van der Waals surface area contributed by atoms with Gasteiger partial charge in [0.05, 0.1) is 12.0 Å². The molecule has 138 valence electrons. The smallest absolute Gasteiger partial charge is 0.233 e. The monoisotopic (exact) mass is 361 g/mol. The van der Waals surface area contributed by atoms with Gasteiger partial charge >= 0.3 is 0 Å². The summed E-state index contributed by atoms with van der Waals surface area (Å²) in [5.74, 6) is 0.792. The minimum absolute atomic E-state index is 0.0523. The molecule has 2 aromatic heterocycles. The third-order valence-corrected chi connectivity index (χ3v) is 5.64. The predicted octanol–water partition coefficient (Wildman–Crippen LogP) is 4.06. The van der Waals surface area contributed by atoms with Gasteiger partial charge in [-0.15, -0.1) is 0 Å². The second kappa shape index (κ2) is 6.34. The lowest BCUT2D eigenvalue weighted by molar-refractivity contribution is -0.134. The number of nitrogens with zero attached hydrogens (tertiary/aromatic N) is 3. The van der Waals surface area contributed by atoms with E-state index in [0.29, 0.717) is 12.3 Å². The molecule has 4 rings (SSSR count). The molecular formula is C22H23N3O2. The van der Waals surface area contributed by atoms with E-state index in [-0.39, 0.29) is 11.3 Å². The van der Waals surface area contributed by atoms with Gasteiger partial charge in [-0.2, -0.15) is 0 Å². The van der Waals surface area contributed by atoms with Gasteiger partial charge in [0.15, 0.2) is 5.76 Å². The van der Waals surface area contributed by atoms with Gasteiger partial charge in [-0.25, -0.2) is 0 Å². The molecule has 0 unspecified atom stereocenters. The number of carbonyl (C=O) groups excluding carboxylic acids is 1. The lowest BCUT2D eigenvalue weighted by atomic mass is 9.86. The van der Waals surface area contributed by atoms with Crippen LogP contribution in [0.15, 0.2) is 65.4 Å². The molecule has 0 radical (unpaired) electrons. The fourth-order valence-electron chi connectivity index (χ4n) is 4.00. The molecule has 1 amide bonds. The summed E-state index contributed by atoms with van der Waals surface area (Å²) in [6.07, 6.45) is 4.29. The minimum atomic E-state index is -0.461. The number of carbonyl (C=O) groups is 1. The van der Waals surface area contributed by atoms with Crippen molar-refractivity contribution in [3.05, 3.63) is 72.2 Å². The van der Waals surface area contributed by atoms with Gasteiger partial charge in [0.25, 0.3) is 0 Å². The molecule has 1 aromatic carbocycles. The first-order valence-corrected chi connectivity index (χ1v) is 9.11. The van der Waals surface area contributed by atoms with Gasteiger partial charge in [0.1, 0.15) is 5.69 Å². The van der Waals surface area contributed by atoms with E-state index >= 15 is 0 Å². The van der Waals surface area contributed by atoms with Crippen molar-refractivity contribution in [1.82, 2.24) is 15.0 Å². The number of hydrogen-bond acceptors (Lipinski definition) is 4. The van der Waals surface area contributed by atoms with E-state index in [1.165, 1.54) is 0 Å². The maximum Gasteiger partial charge on any atom is 0.233 e. The highest BCUT2D eigenvalue weighted by molar-refractivity contribution is 5.93. The Labute approximate surface area is 159 Å². The average Bonchev–Trinajstić information content (AvgIpc) is 3.02. The molecule has 5 heteroatoms. The molecule has 1 aliphatic carbocycles. The molecule has 1 fully saturated rings. The largest absolute Gasteiger partial charge is 0.359 e. The van der Waals surface area contributed by atoms with Crippen LogP contribution in [0.5, 0.6) is 0 Å². The Morgan fingerprint density at radius 3 is 2.44 bits per heavy atom. The van der Waals surface area contributed by atoms with Crippen LogP contribution in [0.2, 0.25) is 0 Å². The first kappa shape index (κ1) is 17.5. The zero-order valence-corrected chi connectivity index (χ0v) is 15.8. The molecule has 1 atom stereocenters. The molecular weight excluding hydrogens is 338 g/mol. The van der Waals surface area contributed by atoms with Crippen LogP contribution >= 0.6 is 0 Å². The highest BCUT2D eigenvalue weighted by atomic mass is 16.5. The van der Waals surface area contributed by atoms with Crippen LogP contribution in [0.4, 0.5) is 0 Å². The first-order chi connectivity index (χ1) is 12.9. The summed E-state index contributed by atoms with van der Waals surface area (Å²) in [4.78, 5) is 19.1. The number of pyridine rings is 1. The van der Waals surface area contributed by atoms with Crippen molar-refractivity contribution in [2.45, 2.75) is 32.2 Å². The van der Waals surface area contributed by atoms with Gasteiger partial charge < -0.3 is 9.42 Å². The van der Waals surface area contributed by atoms with Crippen LogP contribution in [0.3, 0.4) is 0 Å². The number of benzene rings is 1. The maximum absolute atomic E-state index is 13.4. The Morgan fingerprint density at radius 2 is 1.81 bits per heavy atom. The van der Waals surface area contributed by atoms with E-state index in [4.69, 9.17) is 4.52 Å². The van der Waals surface area contributed by atoms with E-state index in [0.717, 1.165) is 23.2 Å². The molecule has 0 N–H and O–H groups in total. The van der Waals surface area contributed by atoms with E-state index in [1.807, 2.05) is 43.4 Å². The summed E-state index contributed by atoms with van der Waals surface area (Å²) in [5.41, 5.74) is 2.26. The molecule has 0 aliphatic heterocycles. The normalized spacial score (nSPS) is 20.3. The molecule has 27 heavy (non-hydrogen) atoms. The van der Waals surface area contributed by atoms with Crippen molar-refractivity contribution in [2.75, 3.05) is 7.05 Å². The highest BCUT2D eigenvalue weighted by Gasteiger charge is 2.67. The summed E-state index contributed by atoms with van der Waals surface area (Å²) in [6.45, 7) is 4.70. The second-order valence-corrected chi connectivity index (χ2v) is 7.91. The Balaban J connectivity index is 1.54. The Morgan fingerprint density at radius 1 is 1.15 bits per heavy atom. The molecule has 2 heterocycles. The second-order valence-electron chi connectivity index (χ2n) is 7.91. The first-order valence-electron chi connectivity index (χ1n) is 9.11. The molecule has 3 aromatic rings. The predicted molar refractivity (Wildman–Crippen MR) is 103 cm³/mol. The number of aromatic nitrogens is 2. The maximum atomic E-state index is 13.4. The lowest BCUT2D eigenvalue weighted by Gasteiger charge is -2.26. The third-order valence-electron chi connectivity index (χ3n) is 5.64. The molecule has 0 saturated heterocycles. The fourth-order valence-corrected chi connectivity index (χ4v) is 4.00. The SMILES string of the molecule is CN(Cc1cc(-c2ccncc2)no1)C(=O)[C@]1(c2ccccc2)CC1(C)C. The number of likely N-dealkylation sites (N-methyl/N-ethyl adjacent to an activating group) is 1. The summed E-state index contributed by atoms with van der Waals surface area (Å²) < 4.78 is 5.47. The van der Waals surface area contributed by atoms with Gasteiger partial charge in [-0.1, -0.05) is 49.3 Å². The summed E-state index contributed by atoms with van der Waals surface area (Å²) in [5, 5.41) is 4.12. The number of hydrogen-bond donors (Lipinski definition) is 0. The summed E-state index contributed by atoms with van der Waals surface area (Å²) >= 11 is 0. The zero-order chi connectivity index (χ0) is 19.1. The molecule has 1 saturated carbocycles. The van der Waals surface area contributed by atoms with Crippen molar-refractivity contribution < 1.29 is 9.32 Å². The van der Waals surface area contributed by atoms with Crippen LogP contribution in [0.25, 0.3) is 11.3 Å². The summed E-state index contributed by atoms with van der Waals surface area (Å²) in [7, 11) is 1.83. The Kier molecular flexibility index (Phi) is 4.10. The zero-order valence-electron chi connectivity index (χ0n) is 15.8. The van der Waals surface area contributed by atoms with Crippen molar-refractivity contribution in [2.24, 2.45) is 5.41 Å². The van der Waals surface area contributed by atoms with Crippen LogP contribution in [0, 0.1) is 5.41 Å². The molecule has 0 bridgehead atoms. The van der Waals surface area contributed by atoms with Crippen LogP contribution in [-0.4, -0.2) is 28.0 Å². The van der Waals surface area contributed by atoms with Crippen LogP contribution < -0.4 is 0 Å². The quantitative estimate of drug-likeness (QED) is 0.687. The van der Waals surface area contributed by atoms with Crippen molar-refractivity contribution in [1.29, 1.82) is 0 Å². The molecule has 0 spiro atoms. The van der Waals surface area contributed by atoms with Crippen molar-refractivity contribution >= 4 is 5.91 Å². The van der Waals surface area contributed by atoms with E-state index in [9.17, 15) is 4.79 Å². The van der Waals surface area contributed by atoms with E-state index in [2.05, 4.69) is 36.1 Å². The van der Waals surface area contributed by atoms with Crippen molar-refractivity contribution in [3.8, 4) is 11.3 Å². The number of rotatable bonds is 5. The van der Waals surface area contributed by atoms with Gasteiger partial charge in [-0.3, -0.25) is 9.78 Å². The molecule has 5 nitrogen and oxygen atoms in total. The van der Waals surface area contributed by atoms with Crippen LogP contribution in [0.1, 0.15) is 31.6 Å². The van der Waals surface area contributed by atoms with E-state index in [1.54, 1.807) is 17.3 Å². The van der Waals surface area contributed by atoms with Crippen LogP contribution in [-0.2, 0) is 16.8 Å². The molecule has 1 aliphatic rings. The van der Waals surface area contributed by atoms with Crippen molar-refractivity contribution in [3.63, 3.8) is 0 Å².